The number of benzene rings is 1. The van der Waals surface area contributed by atoms with Crippen molar-refractivity contribution in [3.05, 3.63) is 24.0 Å². The van der Waals surface area contributed by atoms with Crippen LogP contribution in [0.2, 0.25) is 0 Å². The first-order chi connectivity index (χ1) is 7.97. The number of rotatable bonds is 4. The van der Waals surface area contributed by atoms with Gasteiger partial charge in [-0.1, -0.05) is 19.9 Å². The molecule has 0 fully saturated rings. The van der Waals surface area contributed by atoms with Gasteiger partial charge in [0, 0.05) is 0 Å². The number of methoxy groups -OCH3 is 1. The number of halogens is 1. The largest absolute Gasteiger partial charge is 0.467 e. The minimum Gasteiger partial charge on any atom is -0.467 e. The van der Waals surface area contributed by atoms with Crippen LogP contribution >= 0.6 is 0 Å². The number of carbonyl (C=O) groups is 1. The van der Waals surface area contributed by atoms with Crippen molar-refractivity contribution in [3.63, 3.8) is 0 Å². The molecule has 0 radical (unpaired) electrons. The lowest BCUT2D eigenvalue weighted by atomic mass is 10.0. The Bertz CT molecular complexity index is 407. The topological polar surface area (TPSA) is 64.3 Å². The van der Waals surface area contributed by atoms with Gasteiger partial charge in [-0.2, -0.15) is 0 Å². The second-order valence-corrected chi connectivity index (χ2v) is 4.09. The number of hydrogen-bond acceptors (Lipinski definition) is 4. The number of esters is 1. The highest BCUT2D eigenvalue weighted by Crippen LogP contribution is 2.23. The Morgan fingerprint density at radius 2 is 2.12 bits per heavy atom. The zero-order chi connectivity index (χ0) is 13.0. The second kappa shape index (κ2) is 5.52. The molecule has 1 atom stereocenters. The molecule has 1 aromatic rings. The van der Waals surface area contributed by atoms with Crippen LogP contribution in [0.4, 0.5) is 15.8 Å². The third-order valence-electron chi connectivity index (χ3n) is 2.49. The van der Waals surface area contributed by atoms with Crippen molar-refractivity contribution < 1.29 is 13.9 Å². The van der Waals surface area contributed by atoms with Gasteiger partial charge in [-0.3, -0.25) is 0 Å². The van der Waals surface area contributed by atoms with Gasteiger partial charge < -0.3 is 15.8 Å². The monoisotopic (exact) mass is 240 g/mol. The molecule has 0 aliphatic heterocycles. The first-order valence-corrected chi connectivity index (χ1v) is 5.35. The van der Waals surface area contributed by atoms with Gasteiger partial charge in [-0.05, 0) is 18.1 Å². The highest BCUT2D eigenvalue weighted by Gasteiger charge is 2.23. The molecule has 0 saturated carbocycles. The van der Waals surface area contributed by atoms with Crippen LogP contribution in [0.5, 0.6) is 0 Å². The summed E-state index contributed by atoms with van der Waals surface area (Å²) in [6.07, 6.45) is 0. The Hall–Kier alpha value is -1.78. The third-order valence-corrected chi connectivity index (χ3v) is 2.49. The number of carbonyl (C=O) groups excluding carboxylic acids is 1. The zero-order valence-electron chi connectivity index (χ0n) is 10.2. The smallest absolute Gasteiger partial charge is 0.328 e. The molecule has 0 heterocycles. The van der Waals surface area contributed by atoms with E-state index in [4.69, 9.17) is 5.73 Å². The normalized spacial score (nSPS) is 12.3. The van der Waals surface area contributed by atoms with Crippen molar-refractivity contribution in [2.75, 3.05) is 18.2 Å². The number of ether oxygens (including phenoxy) is 1. The summed E-state index contributed by atoms with van der Waals surface area (Å²) >= 11 is 0. The van der Waals surface area contributed by atoms with Crippen molar-refractivity contribution in [1.29, 1.82) is 0 Å². The zero-order valence-corrected chi connectivity index (χ0v) is 10.2. The summed E-state index contributed by atoms with van der Waals surface area (Å²) in [5.41, 5.74) is 5.98. The van der Waals surface area contributed by atoms with Gasteiger partial charge in [-0.25, -0.2) is 9.18 Å². The maximum Gasteiger partial charge on any atom is 0.328 e. The standard InChI is InChI=1S/C12H17FN2O2/c1-7(2)11(12(16)17-3)15-9-6-4-5-8(13)10(9)14/h4-7,11,15H,14H2,1-3H3. The van der Waals surface area contributed by atoms with E-state index in [0.29, 0.717) is 5.69 Å². The molecule has 0 bridgehead atoms. The predicted molar refractivity (Wildman–Crippen MR) is 65.1 cm³/mol. The molecule has 1 rings (SSSR count). The van der Waals surface area contributed by atoms with Gasteiger partial charge in [0.25, 0.3) is 0 Å². The van der Waals surface area contributed by atoms with Crippen LogP contribution in [0.15, 0.2) is 18.2 Å². The van der Waals surface area contributed by atoms with Crippen LogP contribution in [0, 0.1) is 11.7 Å². The Morgan fingerprint density at radius 3 is 2.65 bits per heavy atom. The fraction of sp³-hybridized carbons (Fsp3) is 0.417. The maximum absolute atomic E-state index is 13.2. The molecule has 3 N–H and O–H groups in total. The summed E-state index contributed by atoms with van der Waals surface area (Å²) in [6, 6.07) is 3.87. The van der Waals surface area contributed by atoms with Crippen molar-refractivity contribution >= 4 is 17.3 Å². The lowest BCUT2D eigenvalue weighted by molar-refractivity contribution is -0.142. The number of nitrogens with two attached hydrogens (primary N) is 1. The quantitative estimate of drug-likeness (QED) is 0.624. The van der Waals surface area contributed by atoms with Crippen LogP contribution < -0.4 is 11.1 Å². The Labute approximate surface area is 100.0 Å². The Kier molecular flexibility index (Phi) is 4.31. The fourth-order valence-corrected chi connectivity index (χ4v) is 1.46. The SMILES string of the molecule is COC(=O)C(Nc1cccc(F)c1N)C(C)C. The molecule has 0 aliphatic rings. The molecular formula is C12H17FN2O2. The van der Waals surface area contributed by atoms with Crippen molar-refractivity contribution in [2.24, 2.45) is 5.92 Å². The van der Waals surface area contributed by atoms with E-state index in [-0.39, 0.29) is 11.6 Å². The number of hydrogen-bond donors (Lipinski definition) is 2. The van der Waals surface area contributed by atoms with Crippen molar-refractivity contribution in [2.45, 2.75) is 19.9 Å². The van der Waals surface area contributed by atoms with Gasteiger partial charge >= 0.3 is 5.97 Å². The summed E-state index contributed by atoms with van der Waals surface area (Å²) in [7, 11) is 1.31. The molecule has 94 valence electrons. The van der Waals surface area contributed by atoms with Gasteiger partial charge in [0.1, 0.15) is 11.9 Å². The van der Waals surface area contributed by atoms with Crippen LogP contribution in [0.25, 0.3) is 0 Å². The molecule has 1 unspecified atom stereocenters. The minimum atomic E-state index is -0.552. The van der Waals surface area contributed by atoms with Crippen LogP contribution in [0.3, 0.4) is 0 Å². The van der Waals surface area contributed by atoms with E-state index in [2.05, 4.69) is 10.1 Å². The molecule has 17 heavy (non-hydrogen) atoms. The van der Waals surface area contributed by atoms with E-state index < -0.39 is 17.8 Å². The highest BCUT2D eigenvalue weighted by molar-refractivity contribution is 5.81. The minimum absolute atomic E-state index is 0.00190. The van der Waals surface area contributed by atoms with Gasteiger partial charge in [0.05, 0.1) is 18.5 Å². The van der Waals surface area contributed by atoms with E-state index in [1.54, 1.807) is 6.07 Å². The van der Waals surface area contributed by atoms with Gasteiger partial charge in [0.15, 0.2) is 0 Å². The molecule has 4 nitrogen and oxygen atoms in total. The number of anilines is 2. The van der Waals surface area contributed by atoms with Gasteiger partial charge in [0.2, 0.25) is 0 Å². The van der Waals surface area contributed by atoms with E-state index >= 15 is 0 Å². The van der Waals surface area contributed by atoms with E-state index in [1.807, 2.05) is 13.8 Å². The molecular weight excluding hydrogens is 223 g/mol. The average molecular weight is 240 g/mol. The molecule has 0 amide bonds. The number of para-hydroxylation sites is 1. The van der Waals surface area contributed by atoms with Crippen LogP contribution in [-0.2, 0) is 9.53 Å². The Morgan fingerprint density at radius 1 is 1.47 bits per heavy atom. The molecule has 0 aromatic heterocycles. The summed E-state index contributed by atoms with van der Waals surface area (Å²) in [6.45, 7) is 3.73. The lowest BCUT2D eigenvalue weighted by Gasteiger charge is -2.21. The summed E-state index contributed by atoms with van der Waals surface area (Å²) in [5.74, 6) is -0.906. The second-order valence-electron chi connectivity index (χ2n) is 4.09. The number of nitrogens with one attached hydrogen (secondary N) is 1. The number of nitrogen functional groups attached to an aromatic ring is 1. The highest BCUT2D eigenvalue weighted by atomic mass is 19.1. The molecule has 0 saturated heterocycles. The maximum atomic E-state index is 13.2. The fourth-order valence-electron chi connectivity index (χ4n) is 1.46. The lowest BCUT2D eigenvalue weighted by Crippen LogP contribution is -2.35. The molecule has 1 aromatic carbocycles. The van der Waals surface area contributed by atoms with Crippen molar-refractivity contribution in [3.8, 4) is 0 Å². The first kappa shape index (κ1) is 13.3. The van der Waals surface area contributed by atoms with E-state index in [9.17, 15) is 9.18 Å². The van der Waals surface area contributed by atoms with Gasteiger partial charge in [-0.15, -0.1) is 0 Å². The molecule has 0 spiro atoms. The summed E-state index contributed by atoms with van der Waals surface area (Å²) in [4.78, 5) is 11.5. The molecule has 0 aliphatic carbocycles. The Balaban J connectivity index is 2.94. The molecule has 5 heteroatoms. The predicted octanol–water partition coefficient (Wildman–Crippen LogP) is 2.02. The third kappa shape index (κ3) is 3.09. The summed E-state index contributed by atoms with van der Waals surface area (Å²) in [5, 5.41) is 2.90. The van der Waals surface area contributed by atoms with Crippen LogP contribution in [0.1, 0.15) is 13.8 Å². The first-order valence-electron chi connectivity index (χ1n) is 5.35. The van der Waals surface area contributed by atoms with E-state index in [1.165, 1.54) is 19.2 Å². The van der Waals surface area contributed by atoms with Crippen LogP contribution in [-0.4, -0.2) is 19.1 Å². The summed E-state index contributed by atoms with van der Waals surface area (Å²) < 4.78 is 17.9. The average Bonchev–Trinajstić information content (AvgIpc) is 2.29. The van der Waals surface area contributed by atoms with Crippen molar-refractivity contribution in [1.82, 2.24) is 0 Å². The van der Waals surface area contributed by atoms with E-state index in [0.717, 1.165) is 0 Å².